The molecular weight excluding hydrogens is 394 g/mol. The van der Waals surface area contributed by atoms with E-state index in [-0.39, 0.29) is 16.8 Å². The average molecular weight is 413 g/mol. The van der Waals surface area contributed by atoms with E-state index in [9.17, 15) is 19.7 Å². The monoisotopic (exact) mass is 413 g/mol. The van der Waals surface area contributed by atoms with Gasteiger partial charge in [-0.15, -0.1) is 11.3 Å². The average Bonchev–Trinajstić information content (AvgIpc) is 3.39. The van der Waals surface area contributed by atoms with E-state index in [1.807, 2.05) is 11.8 Å². The van der Waals surface area contributed by atoms with Crippen molar-refractivity contribution >= 4 is 38.8 Å². The second-order valence-corrected chi connectivity index (χ2v) is 7.92. The van der Waals surface area contributed by atoms with E-state index in [4.69, 9.17) is 0 Å². The highest BCUT2D eigenvalue weighted by atomic mass is 32.1. The molecule has 3 aromatic rings. The number of hydrogen-bond donors (Lipinski definition) is 1. The largest absolute Gasteiger partial charge is 0.366 e. The van der Waals surface area contributed by atoms with Gasteiger partial charge in [-0.1, -0.05) is 6.92 Å². The zero-order chi connectivity index (χ0) is 20.5. The Morgan fingerprint density at radius 2 is 2.07 bits per heavy atom. The number of aryl methyl sites for hydroxylation is 1. The maximum absolute atomic E-state index is 12.6. The Balaban J connectivity index is 1.64. The van der Waals surface area contributed by atoms with E-state index in [1.165, 1.54) is 29.8 Å². The molecule has 1 aliphatic rings. The summed E-state index contributed by atoms with van der Waals surface area (Å²) in [4.78, 5) is 44.1. The minimum Gasteiger partial charge on any atom is -0.366 e. The van der Waals surface area contributed by atoms with Gasteiger partial charge in [-0.3, -0.25) is 25.1 Å². The molecule has 0 atom stereocenters. The summed E-state index contributed by atoms with van der Waals surface area (Å²) in [5, 5.41) is 12.0. The number of carbonyl (C=O) groups is 1. The van der Waals surface area contributed by atoms with Crippen molar-refractivity contribution in [2.24, 2.45) is 0 Å². The lowest BCUT2D eigenvalue weighted by Crippen LogP contribution is -2.33. The Bertz CT molecular complexity index is 1160. The second-order valence-electron chi connectivity index (χ2n) is 6.80. The van der Waals surface area contributed by atoms with E-state index in [2.05, 4.69) is 10.4 Å². The first-order chi connectivity index (χ1) is 14.0. The fourth-order valence-electron chi connectivity index (χ4n) is 3.44. The van der Waals surface area contributed by atoms with Gasteiger partial charge < -0.3 is 4.90 Å². The van der Waals surface area contributed by atoms with Crippen LogP contribution in [0.4, 0.5) is 11.4 Å². The normalized spacial score (nSPS) is 13.8. The van der Waals surface area contributed by atoms with Gasteiger partial charge in [-0.2, -0.15) is 0 Å². The molecule has 0 spiro atoms. The maximum Gasteiger partial charge on any atom is 0.293 e. The van der Waals surface area contributed by atoms with Crippen molar-refractivity contribution in [2.45, 2.75) is 26.2 Å². The first-order valence-corrected chi connectivity index (χ1v) is 10.1. The fourth-order valence-corrected chi connectivity index (χ4v) is 4.36. The number of nitro groups is 1. The number of amides is 1. The number of anilines is 1. The van der Waals surface area contributed by atoms with E-state index in [0.717, 1.165) is 41.9 Å². The van der Waals surface area contributed by atoms with E-state index >= 15 is 0 Å². The third kappa shape index (κ3) is 3.58. The van der Waals surface area contributed by atoms with Crippen LogP contribution in [0.15, 0.2) is 35.4 Å². The number of hydrogen-bond acceptors (Lipinski definition) is 7. The number of carbonyl (C=O) groups excluding carboxylic acids is 1. The summed E-state index contributed by atoms with van der Waals surface area (Å²) < 4.78 is 1.01. The molecule has 0 unspecified atom stereocenters. The Hall–Kier alpha value is -3.27. The summed E-state index contributed by atoms with van der Waals surface area (Å²) in [7, 11) is 0. The quantitative estimate of drug-likeness (QED) is 0.509. The van der Waals surface area contributed by atoms with Gasteiger partial charge in [0.2, 0.25) is 0 Å². The van der Waals surface area contributed by atoms with Crippen LogP contribution in [0.1, 0.15) is 35.0 Å². The molecule has 1 amide bonds. The Morgan fingerprint density at radius 1 is 1.31 bits per heavy atom. The zero-order valence-electron chi connectivity index (χ0n) is 15.8. The van der Waals surface area contributed by atoms with Gasteiger partial charge >= 0.3 is 0 Å². The van der Waals surface area contributed by atoms with Gasteiger partial charge in [0.25, 0.3) is 17.2 Å². The summed E-state index contributed by atoms with van der Waals surface area (Å²) in [6.07, 6.45) is 4.02. The molecule has 0 saturated carbocycles. The van der Waals surface area contributed by atoms with Crippen molar-refractivity contribution in [3.8, 4) is 0 Å². The Kier molecular flexibility index (Phi) is 5.01. The molecule has 1 aromatic carbocycles. The maximum atomic E-state index is 12.6. The number of benzene rings is 1. The van der Waals surface area contributed by atoms with Crippen molar-refractivity contribution in [2.75, 3.05) is 23.4 Å². The number of nitro benzene ring substituents is 1. The fraction of sp³-hybridized carbons (Fsp3) is 0.316. The van der Waals surface area contributed by atoms with E-state index in [1.54, 1.807) is 12.1 Å². The van der Waals surface area contributed by atoms with Crippen LogP contribution in [-0.4, -0.2) is 33.6 Å². The van der Waals surface area contributed by atoms with Crippen molar-refractivity contribution in [3.63, 3.8) is 0 Å². The molecular formula is C19H19N5O4S. The van der Waals surface area contributed by atoms with Crippen molar-refractivity contribution in [3.05, 3.63) is 61.5 Å². The molecule has 10 heteroatoms. The van der Waals surface area contributed by atoms with Crippen LogP contribution in [0, 0.1) is 10.1 Å². The molecule has 0 bridgehead atoms. The molecule has 0 aliphatic carbocycles. The molecule has 29 heavy (non-hydrogen) atoms. The third-order valence-electron chi connectivity index (χ3n) is 4.95. The van der Waals surface area contributed by atoms with Gasteiger partial charge in [0.15, 0.2) is 0 Å². The highest BCUT2D eigenvalue weighted by Crippen LogP contribution is 2.31. The molecule has 1 fully saturated rings. The third-order valence-corrected chi connectivity index (χ3v) is 6.14. The van der Waals surface area contributed by atoms with Crippen molar-refractivity contribution in [1.82, 2.24) is 9.66 Å². The highest BCUT2D eigenvalue weighted by Gasteiger charge is 2.24. The number of thiophene rings is 1. The lowest BCUT2D eigenvalue weighted by atomic mass is 10.1. The summed E-state index contributed by atoms with van der Waals surface area (Å²) >= 11 is 1.44. The van der Waals surface area contributed by atoms with Gasteiger partial charge in [-0.05, 0) is 37.5 Å². The number of rotatable bonds is 5. The van der Waals surface area contributed by atoms with E-state index < -0.39 is 10.8 Å². The minimum atomic E-state index is -0.615. The molecule has 2 aromatic heterocycles. The van der Waals surface area contributed by atoms with Gasteiger partial charge in [0, 0.05) is 29.6 Å². The molecule has 4 rings (SSSR count). The van der Waals surface area contributed by atoms with Crippen LogP contribution < -0.4 is 15.9 Å². The summed E-state index contributed by atoms with van der Waals surface area (Å²) in [6, 6.07) is 6.15. The van der Waals surface area contributed by atoms with Crippen molar-refractivity contribution in [1.29, 1.82) is 0 Å². The van der Waals surface area contributed by atoms with E-state index in [0.29, 0.717) is 15.9 Å². The SMILES string of the molecule is CCc1cc2c(=O)n(NC(=O)c3ccc(N4CCCC4)c([N+](=O)[O-])c3)cnc2s1. The number of aromatic nitrogens is 2. The van der Waals surface area contributed by atoms with Crippen LogP contribution in [0.2, 0.25) is 0 Å². The molecule has 150 valence electrons. The van der Waals surface area contributed by atoms with Crippen LogP contribution in [0.25, 0.3) is 10.2 Å². The standard InChI is InChI=1S/C19H19N5O4S/c1-2-13-10-14-18(29-13)20-11-23(19(14)26)21-17(25)12-5-6-15(16(9-12)24(27)28)22-7-3-4-8-22/h5-6,9-11H,2-4,7-8H2,1H3,(H,21,25). The predicted molar refractivity (Wildman–Crippen MR) is 111 cm³/mol. The Labute approximate surface area is 169 Å². The molecule has 3 heterocycles. The Morgan fingerprint density at radius 3 is 2.76 bits per heavy atom. The van der Waals surface area contributed by atoms with Gasteiger partial charge in [-0.25, -0.2) is 9.66 Å². The predicted octanol–water partition coefficient (Wildman–Crippen LogP) is 2.91. The summed E-state index contributed by atoms with van der Waals surface area (Å²) in [6.45, 7) is 3.51. The lowest BCUT2D eigenvalue weighted by molar-refractivity contribution is -0.384. The smallest absolute Gasteiger partial charge is 0.293 e. The van der Waals surface area contributed by atoms with Crippen LogP contribution in [0.5, 0.6) is 0 Å². The van der Waals surface area contributed by atoms with Crippen LogP contribution in [0.3, 0.4) is 0 Å². The molecule has 1 N–H and O–H groups in total. The van der Waals surface area contributed by atoms with Crippen LogP contribution in [-0.2, 0) is 6.42 Å². The molecule has 1 aliphatic heterocycles. The summed E-state index contributed by atoms with van der Waals surface area (Å²) in [5.41, 5.74) is 2.58. The first kappa shape index (κ1) is 19.1. The number of nitrogens with zero attached hydrogens (tertiary/aromatic N) is 4. The molecule has 0 radical (unpaired) electrons. The van der Waals surface area contributed by atoms with Crippen LogP contribution >= 0.6 is 11.3 Å². The summed E-state index contributed by atoms with van der Waals surface area (Å²) in [5.74, 6) is -0.615. The lowest BCUT2D eigenvalue weighted by Gasteiger charge is -2.17. The zero-order valence-corrected chi connectivity index (χ0v) is 16.6. The van der Waals surface area contributed by atoms with Gasteiger partial charge in [0.05, 0.1) is 10.3 Å². The van der Waals surface area contributed by atoms with Gasteiger partial charge in [0.1, 0.15) is 16.8 Å². The molecule has 9 nitrogen and oxygen atoms in total. The highest BCUT2D eigenvalue weighted by molar-refractivity contribution is 7.18. The van der Waals surface area contributed by atoms with Crippen molar-refractivity contribution < 1.29 is 9.72 Å². The minimum absolute atomic E-state index is 0.103. The number of nitrogens with one attached hydrogen (secondary N) is 1. The number of fused-ring (bicyclic) bond motifs is 1. The second kappa shape index (κ2) is 7.63. The topological polar surface area (TPSA) is 110 Å². The first-order valence-electron chi connectivity index (χ1n) is 9.32. The molecule has 1 saturated heterocycles.